The monoisotopic (exact) mass is 257 g/mol. The standard InChI is InChI=1S/C15H19N3O/c1-2-3-7-10-19-14-11-13(16)17-15(18-14)12-8-5-4-6-9-12/h4-6,8-9,11H,2-3,7,10H2,1H3,(H2,16,17,18). The number of anilines is 1. The minimum absolute atomic E-state index is 0.430. The van der Waals surface area contributed by atoms with E-state index in [2.05, 4.69) is 16.9 Å². The molecule has 0 saturated heterocycles. The summed E-state index contributed by atoms with van der Waals surface area (Å²) in [5, 5.41) is 0. The highest BCUT2D eigenvalue weighted by Crippen LogP contribution is 2.19. The number of hydrogen-bond acceptors (Lipinski definition) is 4. The Balaban J connectivity index is 2.11. The summed E-state index contributed by atoms with van der Waals surface area (Å²) >= 11 is 0. The Kier molecular flexibility index (Phi) is 4.72. The van der Waals surface area contributed by atoms with Crippen LogP contribution in [0.3, 0.4) is 0 Å². The molecule has 2 aromatic rings. The molecule has 0 aliphatic carbocycles. The van der Waals surface area contributed by atoms with Crippen molar-refractivity contribution in [3.05, 3.63) is 36.4 Å². The smallest absolute Gasteiger partial charge is 0.219 e. The third-order valence-electron chi connectivity index (χ3n) is 2.75. The van der Waals surface area contributed by atoms with Crippen LogP contribution >= 0.6 is 0 Å². The lowest BCUT2D eigenvalue weighted by Gasteiger charge is -2.07. The first-order valence-electron chi connectivity index (χ1n) is 6.62. The fourth-order valence-corrected chi connectivity index (χ4v) is 1.76. The fourth-order valence-electron chi connectivity index (χ4n) is 1.76. The Hall–Kier alpha value is -2.10. The average Bonchev–Trinajstić information content (AvgIpc) is 2.44. The molecule has 0 unspecified atom stereocenters. The SMILES string of the molecule is CCCCCOc1cc(N)nc(-c2ccccc2)n1. The van der Waals surface area contributed by atoms with Gasteiger partial charge >= 0.3 is 0 Å². The van der Waals surface area contributed by atoms with Crippen LogP contribution < -0.4 is 10.5 Å². The van der Waals surface area contributed by atoms with Gasteiger partial charge in [-0.1, -0.05) is 50.1 Å². The van der Waals surface area contributed by atoms with Gasteiger partial charge in [0.2, 0.25) is 5.88 Å². The van der Waals surface area contributed by atoms with E-state index in [1.54, 1.807) is 6.07 Å². The predicted octanol–water partition coefficient (Wildman–Crippen LogP) is 3.29. The lowest BCUT2D eigenvalue weighted by atomic mass is 10.2. The second kappa shape index (κ2) is 6.73. The molecule has 19 heavy (non-hydrogen) atoms. The second-order valence-electron chi connectivity index (χ2n) is 4.38. The normalized spacial score (nSPS) is 10.4. The number of rotatable bonds is 6. The maximum Gasteiger partial charge on any atom is 0.219 e. The zero-order valence-corrected chi connectivity index (χ0v) is 11.2. The molecule has 0 aliphatic heterocycles. The largest absolute Gasteiger partial charge is 0.478 e. The predicted molar refractivity (Wildman–Crippen MR) is 76.9 cm³/mol. The minimum atomic E-state index is 0.430. The number of benzene rings is 1. The van der Waals surface area contributed by atoms with Gasteiger partial charge in [0.25, 0.3) is 0 Å². The van der Waals surface area contributed by atoms with E-state index in [0.717, 1.165) is 18.4 Å². The summed E-state index contributed by atoms with van der Waals surface area (Å²) in [6.45, 7) is 2.83. The molecule has 2 rings (SSSR count). The van der Waals surface area contributed by atoms with Crippen molar-refractivity contribution in [2.24, 2.45) is 0 Å². The van der Waals surface area contributed by atoms with Crippen LogP contribution in [-0.2, 0) is 0 Å². The summed E-state index contributed by atoms with van der Waals surface area (Å²) in [4.78, 5) is 8.62. The van der Waals surface area contributed by atoms with Gasteiger partial charge < -0.3 is 10.5 Å². The zero-order valence-electron chi connectivity index (χ0n) is 11.2. The fraction of sp³-hybridized carbons (Fsp3) is 0.333. The summed E-state index contributed by atoms with van der Waals surface area (Å²) < 4.78 is 5.62. The summed E-state index contributed by atoms with van der Waals surface area (Å²) in [6.07, 6.45) is 3.36. The van der Waals surface area contributed by atoms with Crippen molar-refractivity contribution in [3.63, 3.8) is 0 Å². The molecule has 0 aliphatic rings. The van der Waals surface area contributed by atoms with Crippen LogP contribution in [0.5, 0.6) is 5.88 Å². The maximum absolute atomic E-state index is 5.80. The molecule has 0 bridgehead atoms. The number of hydrogen-bond donors (Lipinski definition) is 1. The molecule has 4 nitrogen and oxygen atoms in total. The van der Waals surface area contributed by atoms with Crippen molar-refractivity contribution in [1.29, 1.82) is 0 Å². The van der Waals surface area contributed by atoms with Crippen molar-refractivity contribution in [1.82, 2.24) is 9.97 Å². The van der Waals surface area contributed by atoms with Gasteiger partial charge in [-0.25, -0.2) is 4.98 Å². The van der Waals surface area contributed by atoms with E-state index in [4.69, 9.17) is 10.5 Å². The summed E-state index contributed by atoms with van der Waals surface area (Å²) in [5.41, 5.74) is 6.73. The van der Waals surface area contributed by atoms with Gasteiger partial charge in [-0.2, -0.15) is 4.98 Å². The molecular formula is C15H19N3O. The quantitative estimate of drug-likeness (QED) is 0.807. The number of nitrogens with two attached hydrogens (primary N) is 1. The average molecular weight is 257 g/mol. The Bertz CT molecular complexity index is 514. The second-order valence-corrected chi connectivity index (χ2v) is 4.38. The number of ether oxygens (including phenoxy) is 1. The number of nitrogen functional groups attached to an aromatic ring is 1. The van der Waals surface area contributed by atoms with E-state index in [1.165, 1.54) is 6.42 Å². The van der Waals surface area contributed by atoms with Crippen LogP contribution in [0.2, 0.25) is 0 Å². The molecular weight excluding hydrogens is 238 g/mol. The van der Waals surface area contributed by atoms with Crippen LogP contribution in [0.25, 0.3) is 11.4 Å². The number of aromatic nitrogens is 2. The first-order chi connectivity index (χ1) is 9.29. The Morgan fingerprint density at radius 2 is 1.89 bits per heavy atom. The van der Waals surface area contributed by atoms with Crippen molar-refractivity contribution in [3.8, 4) is 17.3 Å². The van der Waals surface area contributed by atoms with Crippen LogP contribution in [0.1, 0.15) is 26.2 Å². The van der Waals surface area contributed by atoms with E-state index in [-0.39, 0.29) is 0 Å². The van der Waals surface area contributed by atoms with Gasteiger partial charge in [0.05, 0.1) is 6.61 Å². The highest BCUT2D eigenvalue weighted by molar-refractivity contribution is 5.57. The molecule has 0 saturated carbocycles. The first kappa shape index (κ1) is 13.3. The maximum atomic E-state index is 5.80. The van der Waals surface area contributed by atoms with E-state index >= 15 is 0 Å². The van der Waals surface area contributed by atoms with E-state index < -0.39 is 0 Å². The van der Waals surface area contributed by atoms with Gasteiger partial charge in [0.15, 0.2) is 5.82 Å². The van der Waals surface area contributed by atoms with E-state index in [1.807, 2.05) is 30.3 Å². The molecule has 0 radical (unpaired) electrons. The molecule has 1 aromatic heterocycles. The summed E-state index contributed by atoms with van der Waals surface area (Å²) in [5.74, 6) is 1.58. The highest BCUT2D eigenvalue weighted by atomic mass is 16.5. The Labute approximate surface area is 113 Å². The lowest BCUT2D eigenvalue weighted by Crippen LogP contribution is -2.03. The van der Waals surface area contributed by atoms with Gasteiger partial charge in [0.1, 0.15) is 5.82 Å². The Morgan fingerprint density at radius 3 is 2.63 bits per heavy atom. The third kappa shape index (κ3) is 3.95. The van der Waals surface area contributed by atoms with Crippen molar-refractivity contribution in [2.45, 2.75) is 26.2 Å². The summed E-state index contributed by atoms with van der Waals surface area (Å²) in [7, 11) is 0. The minimum Gasteiger partial charge on any atom is -0.478 e. The topological polar surface area (TPSA) is 61.0 Å². The molecule has 1 heterocycles. The zero-order chi connectivity index (χ0) is 13.5. The van der Waals surface area contributed by atoms with Crippen LogP contribution in [0.4, 0.5) is 5.82 Å². The number of nitrogens with zero attached hydrogens (tertiary/aromatic N) is 2. The van der Waals surface area contributed by atoms with Gasteiger partial charge in [-0.15, -0.1) is 0 Å². The highest BCUT2D eigenvalue weighted by Gasteiger charge is 2.05. The first-order valence-corrected chi connectivity index (χ1v) is 6.62. The van der Waals surface area contributed by atoms with E-state index in [9.17, 15) is 0 Å². The van der Waals surface area contributed by atoms with Crippen molar-refractivity contribution in [2.75, 3.05) is 12.3 Å². The van der Waals surface area contributed by atoms with Crippen LogP contribution in [0, 0.1) is 0 Å². The van der Waals surface area contributed by atoms with E-state index in [0.29, 0.717) is 24.1 Å². The van der Waals surface area contributed by atoms with Crippen LogP contribution in [0.15, 0.2) is 36.4 Å². The molecule has 4 heteroatoms. The van der Waals surface area contributed by atoms with Crippen molar-refractivity contribution >= 4 is 5.82 Å². The van der Waals surface area contributed by atoms with Gasteiger partial charge in [-0.3, -0.25) is 0 Å². The molecule has 0 atom stereocenters. The Morgan fingerprint density at radius 1 is 1.11 bits per heavy atom. The summed E-state index contributed by atoms with van der Waals surface area (Å²) in [6, 6.07) is 11.4. The molecule has 0 fully saturated rings. The van der Waals surface area contributed by atoms with Gasteiger partial charge in [-0.05, 0) is 6.42 Å². The molecule has 0 spiro atoms. The molecule has 2 N–H and O–H groups in total. The van der Waals surface area contributed by atoms with Crippen molar-refractivity contribution < 1.29 is 4.74 Å². The van der Waals surface area contributed by atoms with Gasteiger partial charge in [0, 0.05) is 11.6 Å². The molecule has 1 aromatic carbocycles. The number of unbranched alkanes of at least 4 members (excludes halogenated alkanes) is 2. The van der Waals surface area contributed by atoms with Crippen LogP contribution in [-0.4, -0.2) is 16.6 Å². The lowest BCUT2D eigenvalue weighted by molar-refractivity contribution is 0.295. The third-order valence-corrected chi connectivity index (χ3v) is 2.75. The molecule has 0 amide bonds. The molecule has 100 valence electrons.